The van der Waals surface area contributed by atoms with E-state index in [1.54, 1.807) is 0 Å². The molecule has 4 atom stereocenters. The molecule has 0 saturated carbocycles. The van der Waals surface area contributed by atoms with Gasteiger partial charge in [-0.1, -0.05) is 91.0 Å². The summed E-state index contributed by atoms with van der Waals surface area (Å²) in [7, 11) is 0. The first kappa shape index (κ1) is 26.6. The normalized spacial score (nSPS) is 21.3. The Bertz CT molecular complexity index is 1150. The molecule has 0 spiro atoms. The Morgan fingerprint density at radius 1 is 0.703 bits per heavy atom. The van der Waals surface area contributed by atoms with E-state index in [-0.39, 0.29) is 24.8 Å². The lowest BCUT2D eigenvalue weighted by Gasteiger charge is -2.24. The Kier molecular flexibility index (Phi) is 9.91. The lowest BCUT2D eigenvalue weighted by molar-refractivity contribution is -0.132. The predicted molar refractivity (Wildman–Crippen MR) is 140 cm³/mol. The van der Waals surface area contributed by atoms with E-state index in [1.807, 2.05) is 91.0 Å². The van der Waals surface area contributed by atoms with Gasteiger partial charge >= 0.3 is 0 Å². The molecule has 3 aromatic carbocycles. The van der Waals surface area contributed by atoms with Gasteiger partial charge in [-0.15, -0.1) is 0 Å². The molecule has 0 aliphatic carbocycles. The van der Waals surface area contributed by atoms with Gasteiger partial charge < -0.3 is 18.9 Å². The Morgan fingerprint density at radius 3 is 1.70 bits per heavy atom. The molecule has 0 N–H and O–H groups in total. The van der Waals surface area contributed by atoms with E-state index < -0.39 is 24.4 Å². The molecule has 6 nitrogen and oxygen atoms in total. The number of rotatable bonds is 13. The van der Waals surface area contributed by atoms with E-state index >= 15 is 0 Å². The fourth-order valence-corrected chi connectivity index (χ4v) is 4.17. The number of carbonyl (C=O) groups is 2. The van der Waals surface area contributed by atoms with E-state index in [4.69, 9.17) is 18.9 Å². The average molecular weight is 501 g/mol. The zero-order valence-corrected chi connectivity index (χ0v) is 20.9. The molecule has 1 heterocycles. The van der Waals surface area contributed by atoms with Gasteiger partial charge in [-0.3, -0.25) is 9.59 Å². The maximum atomic E-state index is 13.1. The summed E-state index contributed by atoms with van der Waals surface area (Å²) in [5.41, 5.74) is 3.01. The topological polar surface area (TPSA) is 71.1 Å². The maximum absolute atomic E-state index is 13.1. The van der Waals surface area contributed by atoms with Crippen LogP contribution in [0.1, 0.15) is 23.6 Å². The van der Waals surface area contributed by atoms with Crippen molar-refractivity contribution in [3.63, 3.8) is 0 Å². The molecule has 6 heteroatoms. The number of benzene rings is 3. The molecular weight excluding hydrogens is 468 g/mol. The van der Waals surface area contributed by atoms with Crippen LogP contribution >= 0.6 is 0 Å². The average Bonchev–Trinajstić information content (AvgIpc) is 3.28. The Labute approximate surface area is 217 Å². The fourth-order valence-electron chi connectivity index (χ4n) is 4.17. The van der Waals surface area contributed by atoms with Gasteiger partial charge in [-0.25, -0.2) is 0 Å². The van der Waals surface area contributed by atoms with Crippen molar-refractivity contribution in [2.75, 3.05) is 6.61 Å². The van der Waals surface area contributed by atoms with Crippen molar-refractivity contribution in [2.45, 2.75) is 51.2 Å². The minimum Gasteiger partial charge on any atom is -0.374 e. The first-order chi connectivity index (χ1) is 18.1. The highest BCUT2D eigenvalue weighted by molar-refractivity contribution is 6.00. The van der Waals surface area contributed by atoms with Crippen LogP contribution < -0.4 is 0 Å². The van der Waals surface area contributed by atoms with Gasteiger partial charge in [0.25, 0.3) is 0 Å². The third-order valence-electron chi connectivity index (χ3n) is 6.04. The summed E-state index contributed by atoms with van der Waals surface area (Å²) in [5, 5.41) is 0. The fraction of sp³-hybridized carbons (Fsp3) is 0.290. The largest absolute Gasteiger partial charge is 0.374 e. The summed E-state index contributed by atoms with van der Waals surface area (Å²) in [6, 6.07) is 29.4. The molecule has 0 bridgehead atoms. The number of hydrogen-bond donors (Lipinski definition) is 0. The van der Waals surface area contributed by atoms with Crippen LogP contribution in [0.25, 0.3) is 0 Å². The zero-order valence-electron chi connectivity index (χ0n) is 20.9. The van der Waals surface area contributed by atoms with Crippen molar-refractivity contribution in [1.82, 2.24) is 0 Å². The second kappa shape index (κ2) is 13.8. The summed E-state index contributed by atoms with van der Waals surface area (Å²) < 4.78 is 24.8. The van der Waals surface area contributed by atoms with Crippen LogP contribution in [0, 0.1) is 0 Å². The first-order valence-electron chi connectivity index (χ1n) is 12.4. The molecule has 0 unspecified atom stereocenters. The third-order valence-corrected chi connectivity index (χ3v) is 6.04. The molecule has 37 heavy (non-hydrogen) atoms. The second-order valence-corrected chi connectivity index (χ2v) is 8.96. The summed E-state index contributed by atoms with van der Waals surface area (Å²) in [6.45, 7) is 2.65. The van der Waals surface area contributed by atoms with Gasteiger partial charge in [0.05, 0.1) is 26.4 Å². The van der Waals surface area contributed by atoms with Crippen molar-refractivity contribution in [3.8, 4) is 0 Å². The number of ether oxygens (including phenoxy) is 4. The van der Waals surface area contributed by atoms with Gasteiger partial charge in [-0.05, 0) is 35.8 Å². The van der Waals surface area contributed by atoms with Crippen LogP contribution in [0.5, 0.6) is 0 Å². The quantitative estimate of drug-likeness (QED) is 0.312. The highest BCUT2D eigenvalue weighted by atomic mass is 16.6. The van der Waals surface area contributed by atoms with Crippen LogP contribution in [-0.2, 0) is 48.4 Å². The third kappa shape index (κ3) is 8.03. The van der Waals surface area contributed by atoms with Crippen LogP contribution in [-0.4, -0.2) is 42.6 Å². The number of allylic oxidation sites excluding steroid dienone is 1. The minimum atomic E-state index is -0.926. The number of ketones is 2. The molecule has 1 fully saturated rings. The van der Waals surface area contributed by atoms with E-state index in [0.717, 1.165) is 16.7 Å². The van der Waals surface area contributed by atoms with Crippen LogP contribution in [0.3, 0.4) is 0 Å². The summed E-state index contributed by atoms with van der Waals surface area (Å²) in [6.07, 6.45) is -0.192. The molecule has 0 aromatic heterocycles. The molecule has 1 aliphatic rings. The smallest absolute Gasteiger partial charge is 0.187 e. The molecule has 192 valence electrons. The molecule has 0 radical (unpaired) electrons. The summed E-state index contributed by atoms with van der Waals surface area (Å²) in [5.74, 6) is -0.556. The highest BCUT2D eigenvalue weighted by Gasteiger charge is 2.49. The van der Waals surface area contributed by atoms with Crippen molar-refractivity contribution < 1.29 is 28.5 Å². The van der Waals surface area contributed by atoms with E-state index in [9.17, 15) is 9.59 Å². The van der Waals surface area contributed by atoms with Crippen LogP contribution in [0.2, 0.25) is 0 Å². The molecule has 1 saturated heterocycles. The standard InChI is InChI=1S/C31H32O6/c1-23(32)17-18-27(33)29-31(36-21-26-15-9-4-10-16-26)30(35-20-25-13-7-3-8-14-25)28(37-29)22-34-19-24-11-5-2-6-12-24/h2-18,28-31H,19-22H2,1H3/b18-17-/t28-,29+,30-,31-/m1/s1. The zero-order chi connectivity index (χ0) is 25.9. The molecule has 3 aromatic rings. The Hall–Kier alpha value is -3.42. The molecule has 4 rings (SSSR count). The first-order valence-corrected chi connectivity index (χ1v) is 12.4. The van der Waals surface area contributed by atoms with Crippen LogP contribution in [0.15, 0.2) is 103 Å². The number of hydrogen-bond acceptors (Lipinski definition) is 6. The van der Waals surface area contributed by atoms with Crippen molar-refractivity contribution >= 4 is 11.6 Å². The van der Waals surface area contributed by atoms with Gasteiger partial charge in [0.1, 0.15) is 24.4 Å². The molecule has 0 amide bonds. The van der Waals surface area contributed by atoms with E-state index in [0.29, 0.717) is 13.2 Å². The second-order valence-electron chi connectivity index (χ2n) is 8.96. The van der Waals surface area contributed by atoms with Crippen molar-refractivity contribution in [3.05, 3.63) is 120 Å². The lowest BCUT2D eigenvalue weighted by atomic mass is 10.0. The number of carbonyl (C=O) groups excluding carboxylic acids is 2. The van der Waals surface area contributed by atoms with E-state index in [2.05, 4.69) is 0 Å². The van der Waals surface area contributed by atoms with Gasteiger partial charge in [0.2, 0.25) is 0 Å². The Balaban J connectivity index is 1.53. The molecule has 1 aliphatic heterocycles. The predicted octanol–water partition coefficient (Wildman–Crippen LogP) is 4.86. The van der Waals surface area contributed by atoms with E-state index in [1.165, 1.54) is 19.1 Å². The molecular formula is C31H32O6. The summed E-state index contributed by atoms with van der Waals surface area (Å²) in [4.78, 5) is 24.6. The van der Waals surface area contributed by atoms with Crippen molar-refractivity contribution in [1.29, 1.82) is 0 Å². The SMILES string of the molecule is CC(=O)/C=C\C(=O)[C@@H]1O[C@H](COCc2ccccc2)[C@@H](OCc2ccccc2)[C@@H]1OCc1ccccc1. The Morgan fingerprint density at radius 2 is 1.19 bits per heavy atom. The van der Waals surface area contributed by atoms with Gasteiger partial charge in [-0.2, -0.15) is 0 Å². The highest BCUT2D eigenvalue weighted by Crippen LogP contribution is 2.30. The van der Waals surface area contributed by atoms with Gasteiger partial charge in [0.15, 0.2) is 11.6 Å². The van der Waals surface area contributed by atoms with Gasteiger partial charge in [0, 0.05) is 0 Å². The maximum Gasteiger partial charge on any atom is 0.187 e. The van der Waals surface area contributed by atoms with Crippen molar-refractivity contribution in [2.24, 2.45) is 0 Å². The minimum absolute atomic E-state index is 0.215. The lowest BCUT2D eigenvalue weighted by Crippen LogP contribution is -2.40. The van der Waals surface area contributed by atoms with Crippen LogP contribution in [0.4, 0.5) is 0 Å². The summed E-state index contributed by atoms with van der Waals surface area (Å²) >= 11 is 0. The monoisotopic (exact) mass is 500 g/mol.